The zero-order valence-electron chi connectivity index (χ0n) is 12.2. The Labute approximate surface area is 124 Å². The summed E-state index contributed by atoms with van der Waals surface area (Å²) < 4.78 is 0. The van der Waals surface area contributed by atoms with Gasteiger partial charge in [-0.05, 0) is 48.8 Å². The van der Waals surface area contributed by atoms with Gasteiger partial charge in [0.15, 0.2) is 0 Å². The third-order valence-electron chi connectivity index (χ3n) is 4.30. The van der Waals surface area contributed by atoms with Gasteiger partial charge in [-0.25, -0.2) is 4.79 Å². The zero-order chi connectivity index (χ0) is 14.8. The van der Waals surface area contributed by atoms with E-state index in [0.29, 0.717) is 23.6 Å². The number of carboxylic acids is 1. The Morgan fingerprint density at radius 1 is 1.33 bits per heavy atom. The van der Waals surface area contributed by atoms with Crippen LogP contribution >= 0.6 is 0 Å². The van der Waals surface area contributed by atoms with E-state index in [4.69, 9.17) is 0 Å². The van der Waals surface area contributed by atoms with Gasteiger partial charge in [0, 0.05) is 5.69 Å². The minimum absolute atomic E-state index is 0.366. The highest BCUT2D eigenvalue weighted by Crippen LogP contribution is 2.32. The molecule has 108 valence electrons. The number of rotatable bonds is 3. The number of hydrogen-bond acceptors (Lipinski definition) is 2. The molecule has 1 aliphatic carbocycles. The van der Waals surface area contributed by atoms with Crippen molar-refractivity contribution in [3.05, 3.63) is 64.5 Å². The van der Waals surface area contributed by atoms with Crippen LogP contribution in [-0.2, 0) is 19.3 Å². The second kappa shape index (κ2) is 5.68. The quantitative estimate of drug-likeness (QED) is 0.935. The van der Waals surface area contributed by atoms with Gasteiger partial charge in [-0.15, -0.1) is 0 Å². The molecule has 21 heavy (non-hydrogen) atoms. The molecule has 2 aromatic rings. The van der Waals surface area contributed by atoms with Crippen molar-refractivity contribution in [1.82, 2.24) is 4.98 Å². The first-order valence-corrected chi connectivity index (χ1v) is 7.49. The third-order valence-corrected chi connectivity index (χ3v) is 4.30. The van der Waals surface area contributed by atoms with Crippen molar-refractivity contribution in [1.29, 1.82) is 0 Å². The Bertz CT molecular complexity index is 664. The molecule has 1 unspecified atom stereocenters. The summed E-state index contributed by atoms with van der Waals surface area (Å²) in [6, 6.07) is 12.3. The van der Waals surface area contributed by atoms with Crippen LogP contribution in [0.4, 0.5) is 0 Å². The molecule has 0 saturated carbocycles. The highest BCUT2D eigenvalue weighted by atomic mass is 16.4. The average molecular weight is 281 g/mol. The molecule has 1 aromatic heterocycles. The number of aryl methyl sites for hydroxylation is 2. The Morgan fingerprint density at radius 2 is 2.10 bits per heavy atom. The topological polar surface area (TPSA) is 50.2 Å². The van der Waals surface area contributed by atoms with Gasteiger partial charge in [0.2, 0.25) is 0 Å². The van der Waals surface area contributed by atoms with Crippen molar-refractivity contribution in [2.24, 2.45) is 0 Å². The molecule has 1 N–H and O–H groups in total. The number of aromatic carboxylic acids is 1. The molecule has 0 radical (unpaired) electrons. The van der Waals surface area contributed by atoms with E-state index < -0.39 is 5.97 Å². The molecule has 3 nitrogen and oxygen atoms in total. The molecule has 3 heteroatoms. The fourth-order valence-corrected chi connectivity index (χ4v) is 3.17. The second-order valence-electron chi connectivity index (χ2n) is 5.60. The van der Waals surface area contributed by atoms with E-state index in [9.17, 15) is 9.90 Å². The van der Waals surface area contributed by atoms with Gasteiger partial charge in [-0.3, -0.25) is 4.98 Å². The summed E-state index contributed by atoms with van der Waals surface area (Å²) in [5, 5.41) is 9.34. The highest BCUT2D eigenvalue weighted by molar-refractivity contribution is 5.89. The highest BCUT2D eigenvalue weighted by Gasteiger charge is 2.23. The summed E-state index contributed by atoms with van der Waals surface area (Å²) in [6.07, 6.45) is 3.56. The van der Waals surface area contributed by atoms with Gasteiger partial charge in [0.05, 0.1) is 11.3 Å². The number of nitrogens with zero attached hydrogens (tertiary/aromatic N) is 1. The Kier molecular flexibility index (Phi) is 3.74. The van der Waals surface area contributed by atoms with E-state index in [1.807, 2.05) is 19.1 Å². The molecule has 0 bridgehead atoms. The Hall–Kier alpha value is -2.16. The van der Waals surface area contributed by atoms with Gasteiger partial charge in [-0.1, -0.05) is 37.3 Å². The first kappa shape index (κ1) is 13.8. The van der Waals surface area contributed by atoms with Crippen molar-refractivity contribution in [3.8, 4) is 0 Å². The summed E-state index contributed by atoms with van der Waals surface area (Å²) in [6.45, 7) is 1.96. The molecule has 0 saturated heterocycles. The predicted octanol–water partition coefficient (Wildman–Crippen LogP) is 3.61. The van der Waals surface area contributed by atoms with Gasteiger partial charge >= 0.3 is 5.97 Å². The van der Waals surface area contributed by atoms with E-state index in [1.54, 1.807) is 0 Å². The molecule has 3 rings (SSSR count). The van der Waals surface area contributed by atoms with E-state index >= 15 is 0 Å². The smallest absolute Gasteiger partial charge is 0.337 e. The minimum atomic E-state index is -0.871. The zero-order valence-corrected chi connectivity index (χ0v) is 12.2. The number of aromatic nitrogens is 1. The SMILES string of the molecule is CCc1nc2c(cc1C(=O)O)CC(c1ccccc1)CC2. The molecule has 1 atom stereocenters. The Morgan fingerprint density at radius 3 is 2.76 bits per heavy atom. The third kappa shape index (κ3) is 2.68. The lowest BCUT2D eigenvalue weighted by molar-refractivity contribution is 0.0695. The average Bonchev–Trinajstić information content (AvgIpc) is 2.53. The van der Waals surface area contributed by atoms with E-state index in [2.05, 4.69) is 29.2 Å². The largest absolute Gasteiger partial charge is 0.478 e. The molecular formula is C18H19NO2. The molecule has 0 fully saturated rings. The number of benzene rings is 1. The molecular weight excluding hydrogens is 262 g/mol. The summed E-state index contributed by atoms with van der Waals surface area (Å²) in [5.74, 6) is -0.404. The minimum Gasteiger partial charge on any atom is -0.478 e. The molecule has 1 aliphatic rings. The van der Waals surface area contributed by atoms with Crippen LogP contribution in [0.25, 0.3) is 0 Å². The van der Waals surface area contributed by atoms with Crippen LogP contribution in [0, 0.1) is 0 Å². The lowest BCUT2D eigenvalue weighted by Crippen LogP contribution is -2.17. The van der Waals surface area contributed by atoms with Crippen molar-refractivity contribution < 1.29 is 9.90 Å². The van der Waals surface area contributed by atoms with Crippen LogP contribution in [0.2, 0.25) is 0 Å². The van der Waals surface area contributed by atoms with E-state index in [1.165, 1.54) is 5.56 Å². The van der Waals surface area contributed by atoms with Crippen LogP contribution in [0.5, 0.6) is 0 Å². The maximum atomic E-state index is 11.4. The molecule has 0 aliphatic heterocycles. The number of carbonyl (C=O) groups is 1. The van der Waals surface area contributed by atoms with Crippen molar-refractivity contribution in [2.45, 2.75) is 38.5 Å². The fourth-order valence-electron chi connectivity index (χ4n) is 3.17. The van der Waals surface area contributed by atoms with Crippen LogP contribution in [0.1, 0.15) is 52.1 Å². The number of pyridine rings is 1. The van der Waals surface area contributed by atoms with E-state index in [0.717, 1.165) is 30.5 Å². The molecule has 0 amide bonds. The van der Waals surface area contributed by atoms with Crippen molar-refractivity contribution in [3.63, 3.8) is 0 Å². The van der Waals surface area contributed by atoms with Crippen molar-refractivity contribution in [2.75, 3.05) is 0 Å². The summed E-state index contributed by atoms with van der Waals surface area (Å²) >= 11 is 0. The lowest BCUT2D eigenvalue weighted by Gasteiger charge is -2.25. The van der Waals surface area contributed by atoms with E-state index in [-0.39, 0.29) is 0 Å². The monoisotopic (exact) mass is 281 g/mol. The summed E-state index contributed by atoms with van der Waals surface area (Å²) in [4.78, 5) is 16.0. The lowest BCUT2D eigenvalue weighted by atomic mass is 9.81. The Balaban J connectivity index is 1.95. The molecule has 1 aromatic carbocycles. The predicted molar refractivity (Wildman–Crippen MR) is 81.8 cm³/mol. The number of fused-ring (bicyclic) bond motifs is 1. The van der Waals surface area contributed by atoms with Crippen molar-refractivity contribution >= 4 is 5.97 Å². The van der Waals surface area contributed by atoms with Crippen LogP contribution < -0.4 is 0 Å². The maximum absolute atomic E-state index is 11.4. The molecule has 0 spiro atoms. The second-order valence-corrected chi connectivity index (χ2v) is 5.60. The first-order chi connectivity index (χ1) is 10.2. The fraction of sp³-hybridized carbons (Fsp3) is 0.333. The number of carboxylic acid groups (broad SMARTS) is 1. The van der Waals surface area contributed by atoms with Crippen LogP contribution in [0.15, 0.2) is 36.4 Å². The normalized spacial score (nSPS) is 17.3. The van der Waals surface area contributed by atoms with Crippen LogP contribution in [-0.4, -0.2) is 16.1 Å². The maximum Gasteiger partial charge on any atom is 0.337 e. The van der Waals surface area contributed by atoms with Crippen LogP contribution in [0.3, 0.4) is 0 Å². The van der Waals surface area contributed by atoms with Gasteiger partial charge in [0.25, 0.3) is 0 Å². The molecule has 1 heterocycles. The standard InChI is InChI=1S/C18H19NO2/c1-2-16-15(18(20)21)11-14-10-13(8-9-17(14)19-16)12-6-4-3-5-7-12/h3-7,11,13H,2,8-10H2,1H3,(H,20,21). The summed E-state index contributed by atoms with van der Waals surface area (Å²) in [5.41, 5.74) is 4.60. The first-order valence-electron chi connectivity index (χ1n) is 7.49. The van der Waals surface area contributed by atoms with Gasteiger partial charge in [0.1, 0.15) is 0 Å². The van der Waals surface area contributed by atoms with Gasteiger partial charge < -0.3 is 5.11 Å². The number of hydrogen-bond donors (Lipinski definition) is 1. The summed E-state index contributed by atoms with van der Waals surface area (Å²) in [7, 11) is 0. The van der Waals surface area contributed by atoms with Gasteiger partial charge in [-0.2, -0.15) is 0 Å².